The molecule has 4 nitrogen and oxygen atoms in total. The fourth-order valence-electron chi connectivity index (χ4n) is 3.16. The first-order valence-corrected chi connectivity index (χ1v) is 7.20. The van der Waals surface area contributed by atoms with Crippen molar-refractivity contribution >= 4 is 11.9 Å². The number of hydrogen-bond donors (Lipinski definition) is 1. The SMILES string of the molecule is O=C(O)[C@H]1CC[C@@H](C(=O)N2CCCCCCC2)C1. The molecule has 0 aromatic heterocycles. The van der Waals surface area contributed by atoms with Crippen LogP contribution in [-0.4, -0.2) is 35.0 Å². The number of likely N-dealkylation sites (tertiary alicyclic amines) is 1. The zero-order valence-corrected chi connectivity index (χ0v) is 10.9. The maximum atomic E-state index is 12.4. The third-order valence-corrected chi connectivity index (χ3v) is 4.30. The average Bonchev–Trinajstić information content (AvgIpc) is 2.77. The van der Waals surface area contributed by atoms with Gasteiger partial charge in [0, 0.05) is 19.0 Å². The van der Waals surface area contributed by atoms with Crippen LogP contribution in [0.4, 0.5) is 0 Å². The fourth-order valence-corrected chi connectivity index (χ4v) is 3.16. The molecule has 0 aromatic rings. The summed E-state index contributed by atoms with van der Waals surface area (Å²) in [6.45, 7) is 1.74. The minimum Gasteiger partial charge on any atom is -0.481 e. The molecule has 2 aliphatic rings. The number of nitrogens with zero attached hydrogens (tertiary/aromatic N) is 1. The van der Waals surface area contributed by atoms with E-state index in [-0.39, 0.29) is 17.7 Å². The van der Waals surface area contributed by atoms with E-state index in [4.69, 9.17) is 5.11 Å². The predicted molar refractivity (Wildman–Crippen MR) is 68.1 cm³/mol. The normalized spacial score (nSPS) is 29.7. The van der Waals surface area contributed by atoms with Gasteiger partial charge in [-0.3, -0.25) is 9.59 Å². The highest BCUT2D eigenvalue weighted by Gasteiger charge is 2.35. The number of carbonyl (C=O) groups excluding carboxylic acids is 1. The molecule has 0 radical (unpaired) electrons. The van der Waals surface area contributed by atoms with Crippen molar-refractivity contribution < 1.29 is 14.7 Å². The Morgan fingerprint density at radius 2 is 1.44 bits per heavy atom. The number of rotatable bonds is 2. The lowest BCUT2D eigenvalue weighted by molar-refractivity contribution is -0.141. The van der Waals surface area contributed by atoms with Crippen molar-refractivity contribution in [3.8, 4) is 0 Å². The van der Waals surface area contributed by atoms with E-state index in [1.807, 2.05) is 4.90 Å². The molecular formula is C14H23NO3. The van der Waals surface area contributed by atoms with Crippen molar-refractivity contribution in [1.29, 1.82) is 0 Å². The highest BCUT2D eigenvalue weighted by molar-refractivity contribution is 5.81. The summed E-state index contributed by atoms with van der Waals surface area (Å²) in [5.41, 5.74) is 0. The molecule has 1 heterocycles. The molecule has 4 heteroatoms. The monoisotopic (exact) mass is 253 g/mol. The average molecular weight is 253 g/mol. The molecule has 2 rings (SSSR count). The van der Waals surface area contributed by atoms with Gasteiger partial charge in [0.1, 0.15) is 0 Å². The minimum atomic E-state index is -0.738. The summed E-state index contributed by atoms with van der Waals surface area (Å²) in [6, 6.07) is 0. The molecule has 0 unspecified atom stereocenters. The summed E-state index contributed by atoms with van der Waals surface area (Å²) in [6.07, 6.45) is 7.88. The van der Waals surface area contributed by atoms with Crippen molar-refractivity contribution in [3.63, 3.8) is 0 Å². The zero-order chi connectivity index (χ0) is 13.0. The maximum Gasteiger partial charge on any atom is 0.306 e. The van der Waals surface area contributed by atoms with Crippen LogP contribution in [0.2, 0.25) is 0 Å². The Labute approximate surface area is 108 Å². The van der Waals surface area contributed by atoms with Crippen molar-refractivity contribution in [2.75, 3.05) is 13.1 Å². The number of hydrogen-bond acceptors (Lipinski definition) is 2. The third kappa shape index (κ3) is 3.24. The molecule has 0 spiro atoms. The lowest BCUT2D eigenvalue weighted by atomic mass is 10.0. The molecule has 102 valence electrons. The van der Waals surface area contributed by atoms with E-state index in [1.165, 1.54) is 19.3 Å². The van der Waals surface area contributed by atoms with Gasteiger partial charge in [-0.25, -0.2) is 0 Å². The topological polar surface area (TPSA) is 57.6 Å². The molecule has 1 saturated heterocycles. The molecule has 1 N–H and O–H groups in total. The summed E-state index contributed by atoms with van der Waals surface area (Å²) in [7, 11) is 0. The van der Waals surface area contributed by atoms with Crippen LogP contribution in [0.3, 0.4) is 0 Å². The molecule has 1 amide bonds. The number of carboxylic acids is 1. The Morgan fingerprint density at radius 1 is 0.889 bits per heavy atom. The van der Waals surface area contributed by atoms with Crippen LogP contribution in [-0.2, 0) is 9.59 Å². The van der Waals surface area contributed by atoms with Gasteiger partial charge in [-0.05, 0) is 32.1 Å². The van der Waals surface area contributed by atoms with Crippen LogP contribution in [0.25, 0.3) is 0 Å². The van der Waals surface area contributed by atoms with Crippen LogP contribution in [0, 0.1) is 11.8 Å². The fraction of sp³-hybridized carbons (Fsp3) is 0.857. The molecule has 0 aromatic carbocycles. The van der Waals surface area contributed by atoms with Gasteiger partial charge in [0.15, 0.2) is 0 Å². The quantitative estimate of drug-likeness (QED) is 0.821. The molecule has 1 saturated carbocycles. The van der Waals surface area contributed by atoms with Gasteiger partial charge in [-0.1, -0.05) is 19.3 Å². The predicted octanol–water partition coefficient (Wildman–Crippen LogP) is 2.28. The van der Waals surface area contributed by atoms with Gasteiger partial charge in [-0.15, -0.1) is 0 Å². The minimum absolute atomic E-state index is 0.0365. The number of carbonyl (C=O) groups is 2. The Bertz CT molecular complexity index is 308. The third-order valence-electron chi connectivity index (χ3n) is 4.30. The van der Waals surface area contributed by atoms with E-state index in [2.05, 4.69) is 0 Å². The van der Waals surface area contributed by atoms with Crippen LogP contribution in [0.5, 0.6) is 0 Å². The maximum absolute atomic E-state index is 12.4. The molecular weight excluding hydrogens is 230 g/mol. The Kier molecular flexibility index (Phi) is 4.61. The first-order valence-electron chi connectivity index (χ1n) is 7.20. The van der Waals surface area contributed by atoms with Crippen molar-refractivity contribution in [2.24, 2.45) is 11.8 Å². The first-order chi connectivity index (χ1) is 8.68. The summed E-state index contributed by atoms with van der Waals surface area (Å²) in [5.74, 6) is -0.863. The van der Waals surface area contributed by atoms with Gasteiger partial charge in [0.25, 0.3) is 0 Å². The summed E-state index contributed by atoms with van der Waals surface area (Å²) in [4.78, 5) is 25.3. The van der Waals surface area contributed by atoms with Crippen molar-refractivity contribution in [2.45, 2.75) is 51.4 Å². The van der Waals surface area contributed by atoms with E-state index in [0.29, 0.717) is 12.8 Å². The number of amides is 1. The Morgan fingerprint density at radius 3 is 2.00 bits per heavy atom. The van der Waals surface area contributed by atoms with Crippen LogP contribution >= 0.6 is 0 Å². The second kappa shape index (κ2) is 6.21. The van der Waals surface area contributed by atoms with Gasteiger partial charge >= 0.3 is 5.97 Å². The zero-order valence-electron chi connectivity index (χ0n) is 10.9. The lowest BCUT2D eigenvalue weighted by Gasteiger charge is -2.27. The van der Waals surface area contributed by atoms with Gasteiger partial charge < -0.3 is 10.0 Å². The van der Waals surface area contributed by atoms with E-state index >= 15 is 0 Å². The molecule has 0 bridgehead atoms. The van der Waals surface area contributed by atoms with E-state index in [9.17, 15) is 9.59 Å². The van der Waals surface area contributed by atoms with Gasteiger partial charge in [0.2, 0.25) is 5.91 Å². The molecule has 2 fully saturated rings. The standard InChI is InChI=1S/C14H23NO3/c16-13(11-6-7-12(10-11)14(17)18)15-8-4-2-1-3-5-9-15/h11-12H,1-10H2,(H,17,18)/t11-,12+/m1/s1. The van der Waals surface area contributed by atoms with Crippen molar-refractivity contribution in [3.05, 3.63) is 0 Å². The van der Waals surface area contributed by atoms with E-state index < -0.39 is 5.97 Å². The molecule has 18 heavy (non-hydrogen) atoms. The van der Waals surface area contributed by atoms with Crippen LogP contribution in [0.1, 0.15) is 51.4 Å². The summed E-state index contributed by atoms with van der Waals surface area (Å²) < 4.78 is 0. The largest absolute Gasteiger partial charge is 0.481 e. The van der Waals surface area contributed by atoms with Gasteiger partial charge in [-0.2, -0.15) is 0 Å². The van der Waals surface area contributed by atoms with E-state index in [1.54, 1.807) is 0 Å². The Balaban J connectivity index is 1.88. The molecule has 1 aliphatic carbocycles. The van der Waals surface area contributed by atoms with Crippen LogP contribution in [0.15, 0.2) is 0 Å². The van der Waals surface area contributed by atoms with E-state index in [0.717, 1.165) is 32.4 Å². The summed E-state index contributed by atoms with van der Waals surface area (Å²) >= 11 is 0. The smallest absolute Gasteiger partial charge is 0.306 e. The number of aliphatic carboxylic acids is 1. The first kappa shape index (κ1) is 13.4. The Hall–Kier alpha value is -1.06. The highest BCUT2D eigenvalue weighted by atomic mass is 16.4. The molecule has 2 atom stereocenters. The van der Waals surface area contributed by atoms with Crippen LogP contribution < -0.4 is 0 Å². The molecule has 1 aliphatic heterocycles. The second-order valence-corrected chi connectivity index (χ2v) is 5.64. The highest BCUT2D eigenvalue weighted by Crippen LogP contribution is 2.32. The second-order valence-electron chi connectivity index (χ2n) is 5.64. The van der Waals surface area contributed by atoms with Gasteiger partial charge in [0.05, 0.1) is 5.92 Å². The van der Waals surface area contributed by atoms with Crippen molar-refractivity contribution in [1.82, 2.24) is 4.90 Å². The number of carboxylic acid groups (broad SMARTS) is 1. The lowest BCUT2D eigenvalue weighted by Crippen LogP contribution is -2.37. The summed E-state index contributed by atoms with van der Waals surface area (Å²) in [5, 5.41) is 8.98.